The molecule has 0 fully saturated rings. The number of carbonyl (C=O) groups is 2. The molecule has 132 valence electrons. The number of amides is 1. The molecule has 1 N–H and O–H groups in total. The molecule has 0 saturated heterocycles. The summed E-state index contributed by atoms with van der Waals surface area (Å²) in [5, 5.41) is 2.61. The van der Waals surface area contributed by atoms with Gasteiger partial charge < -0.3 is 14.8 Å². The number of rotatable bonds is 6. The third kappa shape index (κ3) is 5.72. The maximum atomic E-state index is 13.0. The predicted molar refractivity (Wildman–Crippen MR) is 87.6 cm³/mol. The van der Waals surface area contributed by atoms with Crippen LogP contribution in [0, 0.1) is 18.6 Å². The van der Waals surface area contributed by atoms with Gasteiger partial charge in [-0.1, -0.05) is 17.7 Å². The number of hydrogen-bond acceptors (Lipinski definition) is 4. The number of carbonyl (C=O) groups excluding carboxylic acids is 2. The fraction of sp³-hybridized carbons (Fsp3) is 0.176. The van der Waals surface area contributed by atoms with Crippen molar-refractivity contribution in [3.8, 4) is 5.75 Å². The fourth-order valence-corrected chi connectivity index (χ4v) is 1.99. The monoisotopic (exact) mass is 369 g/mol. The zero-order valence-electron chi connectivity index (χ0n) is 13.1. The molecule has 5 nitrogen and oxygen atoms in total. The van der Waals surface area contributed by atoms with E-state index < -0.39 is 36.7 Å². The van der Waals surface area contributed by atoms with Gasteiger partial charge in [0.05, 0.1) is 5.02 Å². The largest absolute Gasteiger partial charge is 0.480 e. The summed E-state index contributed by atoms with van der Waals surface area (Å²) in [5.74, 6) is -3.29. The molecule has 0 atom stereocenters. The molecule has 0 spiro atoms. The molecule has 0 aliphatic heterocycles. The van der Waals surface area contributed by atoms with Crippen LogP contribution in [0.15, 0.2) is 36.4 Å². The number of halogens is 3. The van der Waals surface area contributed by atoms with Crippen molar-refractivity contribution >= 4 is 29.2 Å². The number of esters is 1. The summed E-state index contributed by atoms with van der Waals surface area (Å²) in [5.41, 5.74) is 0.946. The number of hydrogen-bond donors (Lipinski definition) is 1. The third-order valence-electron chi connectivity index (χ3n) is 3.00. The quantitative estimate of drug-likeness (QED) is 0.792. The molecule has 2 rings (SSSR count). The summed E-state index contributed by atoms with van der Waals surface area (Å²) >= 11 is 5.92. The Morgan fingerprint density at radius 3 is 2.56 bits per heavy atom. The Hall–Kier alpha value is -2.67. The summed E-state index contributed by atoms with van der Waals surface area (Å²) in [6.07, 6.45) is 0. The zero-order chi connectivity index (χ0) is 18.4. The van der Waals surface area contributed by atoms with E-state index in [1.807, 2.05) is 6.92 Å². The minimum absolute atomic E-state index is 0.0442. The van der Waals surface area contributed by atoms with Gasteiger partial charge in [0.15, 0.2) is 24.8 Å². The van der Waals surface area contributed by atoms with Gasteiger partial charge in [0, 0.05) is 11.8 Å². The van der Waals surface area contributed by atoms with Gasteiger partial charge in [-0.3, -0.25) is 4.79 Å². The molecule has 0 aromatic heterocycles. The fourth-order valence-electron chi connectivity index (χ4n) is 1.82. The average Bonchev–Trinajstić information content (AvgIpc) is 2.57. The molecule has 1 amide bonds. The highest BCUT2D eigenvalue weighted by atomic mass is 35.5. The van der Waals surface area contributed by atoms with Crippen molar-refractivity contribution in [1.82, 2.24) is 0 Å². The molecule has 2 aromatic carbocycles. The number of ether oxygens (including phenoxy) is 2. The second kappa shape index (κ2) is 8.43. The van der Waals surface area contributed by atoms with Crippen LogP contribution < -0.4 is 10.1 Å². The molecule has 25 heavy (non-hydrogen) atoms. The molecular weight excluding hydrogens is 356 g/mol. The zero-order valence-corrected chi connectivity index (χ0v) is 13.9. The molecule has 0 saturated carbocycles. The Labute approximate surface area is 147 Å². The van der Waals surface area contributed by atoms with Gasteiger partial charge in [0.25, 0.3) is 5.91 Å². The number of nitrogens with one attached hydrogen (secondary N) is 1. The first-order chi connectivity index (χ1) is 11.8. The Morgan fingerprint density at radius 2 is 1.84 bits per heavy atom. The highest BCUT2D eigenvalue weighted by Gasteiger charge is 2.11. The van der Waals surface area contributed by atoms with E-state index in [2.05, 4.69) is 5.32 Å². The SMILES string of the molecule is Cc1ccc(Cl)c(OCC(=O)OCC(=O)Nc2ccc(F)c(F)c2)c1. The number of anilines is 1. The highest BCUT2D eigenvalue weighted by Crippen LogP contribution is 2.25. The third-order valence-corrected chi connectivity index (χ3v) is 3.31. The van der Waals surface area contributed by atoms with E-state index in [1.165, 1.54) is 6.07 Å². The van der Waals surface area contributed by atoms with Crippen molar-refractivity contribution < 1.29 is 27.8 Å². The lowest BCUT2D eigenvalue weighted by Crippen LogP contribution is -2.23. The lowest BCUT2D eigenvalue weighted by molar-refractivity contribution is -0.149. The van der Waals surface area contributed by atoms with Crippen molar-refractivity contribution in [1.29, 1.82) is 0 Å². The topological polar surface area (TPSA) is 64.6 Å². The van der Waals surface area contributed by atoms with Crippen LogP contribution in [-0.2, 0) is 14.3 Å². The summed E-state index contributed by atoms with van der Waals surface area (Å²) in [4.78, 5) is 23.2. The molecule has 0 heterocycles. The van der Waals surface area contributed by atoms with Crippen LogP contribution in [-0.4, -0.2) is 25.1 Å². The summed E-state index contributed by atoms with van der Waals surface area (Å²) in [6, 6.07) is 7.95. The van der Waals surface area contributed by atoms with Gasteiger partial charge in [-0.15, -0.1) is 0 Å². The molecule has 2 aromatic rings. The first-order valence-corrected chi connectivity index (χ1v) is 7.52. The van der Waals surface area contributed by atoms with E-state index in [4.69, 9.17) is 21.1 Å². The summed E-state index contributed by atoms with van der Waals surface area (Å²) in [6.45, 7) is 0.814. The van der Waals surface area contributed by atoms with Crippen molar-refractivity contribution in [3.63, 3.8) is 0 Å². The minimum atomic E-state index is -1.10. The standard InChI is InChI=1S/C17H14ClF2NO4/c1-10-2-4-12(18)15(6-10)24-9-17(23)25-8-16(22)21-11-3-5-13(19)14(20)7-11/h2-7H,8-9H2,1H3,(H,21,22). The van der Waals surface area contributed by atoms with Crippen LogP contribution in [0.4, 0.5) is 14.5 Å². The van der Waals surface area contributed by atoms with Gasteiger partial charge in [-0.2, -0.15) is 0 Å². The van der Waals surface area contributed by atoms with Gasteiger partial charge in [-0.25, -0.2) is 13.6 Å². The van der Waals surface area contributed by atoms with Crippen LogP contribution in [0.3, 0.4) is 0 Å². The van der Waals surface area contributed by atoms with Crippen LogP contribution >= 0.6 is 11.6 Å². The number of benzene rings is 2. The van der Waals surface area contributed by atoms with Crippen molar-refractivity contribution in [2.45, 2.75) is 6.92 Å². The van der Waals surface area contributed by atoms with Gasteiger partial charge in [-0.05, 0) is 36.8 Å². The van der Waals surface area contributed by atoms with Crippen molar-refractivity contribution in [3.05, 3.63) is 58.6 Å². The van der Waals surface area contributed by atoms with Crippen LogP contribution in [0.2, 0.25) is 5.02 Å². The molecule has 0 unspecified atom stereocenters. The van der Waals surface area contributed by atoms with Gasteiger partial charge in [0.2, 0.25) is 0 Å². The average molecular weight is 370 g/mol. The maximum Gasteiger partial charge on any atom is 0.344 e. The van der Waals surface area contributed by atoms with Crippen LogP contribution in [0.1, 0.15) is 5.56 Å². The van der Waals surface area contributed by atoms with E-state index in [0.717, 1.165) is 17.7 Å². The highest BCUT2D eigenvalue weighted by molar-refractivity contribution is 6.32. The second-order valence-electron chi connectivity index (χ2n) is 5.06. The maximum absolute atomic E-state index is 13.0. The first kappa shape index (κ1) is 18.7. The predicted octanol–water partition coefficient (Wildman–Crippen LogP) is 3.49. The molecule has 8 heteroatoms. The second-order valence-corrected chi connectivity index (χ2v) is 5.47. The summed E-state index contributed by atoms with van der Waals surface area (Å²) in [7, 11) is 0. The Kier molecular flexibility index (Phi) is 6.30. The first-order valence-electron chi connectivity index (χ1n) is 7.14. The van der Waals surface area contributed by atoms with Crippen LogP contribution in [0.25, 0.3) is 0 Å². The molecular formula is C17H14ClF2NO4. The Bertz CT molecular complexity index is 798. The van der Waals surface area contributed by atoms with Crippen LogP contribution in [0.5, 0.6) is 5.75 Å². The molecule has 0 aliphatic rings. The Morgan fingerprint density at radius 1 is 1.08 bits per heavy atom. The normalized spacial score (nSPS) is 10.2. The van der Waals surface area contributed by atoms with E-state index >= 15 is 0 Å². The smallest absolute Gasteiger partial charge is 0.344 e. The summed E-state index contributed by atoms with van der Waals surface area (Å²) < 4.78 is 35.8. The van der Waals surface area contributed by atoms with Crippen molar-refractivity contribution in [2.24, 2.45) is 0 Å². The van der Waals surface area contributed by atoms with E-state index in [9.17, 15) is 18.4 Å². The molecule has 0 radical (unpaired) electrons. The number of aryl methyl sites for hydroxylation is 1. The lowest BCUT2D eigenvalue weighted by atomic mass is 10.2. The Balaban J connectivity index is 1.78. The van der Waals surface area contributed by atoms with Gasteiger partial charge >= 0.3 is 5.97 Å². The van der Waals surface area contributed by atoms with E-state index in [0.29, 0.717) is 10.8 Å². The molecule has 0 aliphatic carbocycles. The van der Waals surface area contributed by atoms with E-state index in [-0.39, 0.29) is 5.69 Å². The minimum Gasteiger partial charge on any atom is -0.480 e. The lowest BCUT2D eigenvalue weighted by Gasteiger charge is -2.09. The van der Waals surface area contributed by atoms with Gasteiger partial charge in [0.1, 0.15) is 5.75 Å². The van der Waals surface area contributed by atoms with Crippen molar-refractivity contribution in [2.75, 3.05) is 18.5 Å². The van der Waals surface area contributed by atoms with E-state index in [1.54, 1.807) is 18.2 Å². The molecule has 0 bridgehead atoms.